The van der Waals surface area contributed by atoms with Crippen molar-refractivity contribution < 1.29 is 22.9 Å². The predicted molar refractivity (Wildman–Crippen MR) is 60.3 cm³/mol. The van der Waals surface area contributed by atoms with Crippen LogP contribution in [0, 0.1) is 0 Å². The Balaban J connectivity index is 5.20. The highest BCUT2D eigenvalue weighted by Gasteiger charge is 2.15. The molecule has 0 amide bonds. The number of rotatable bonds is 6. The summed E-state index contributed by atoms with van der Waals surface area (Å²) in [5.74, 6) is -1.46. The van der Waals surface area contributed by atoms with Gasteiger partial charge in [-0.25, -0.2) is 14.8 Å². The summed E-state index contributed by atoms with van der Waals surface area (Å²) in [6.45, 7) is 4.21. The second kappa shape index (κ2) is 6.06. The molecular formula is C9H17N3O4. The molecule has 92 valence electrons. The summed E-state index contributed by atoms with van der Waals surface area (Å²) >= 11 is 0. The average Bonchev–Trinajstić information content (AvgIpc) is 2.47. The Morgan fingerprint density at radius 1 is 1.19 bits per heavy atom. The number of nitrogens with two attached hydrogens (primary N) is 1. The third-order valence-electron chi connectivity index (χ3n) is 1.70. The Morgan fingerprint density at radius 2 is 1.81 bits per heavy atom. The highest BCUT2D eigenvalue weighted by atomic mass is 16.4. The molecule has 5 N–H and O–H groups in total. The van der Waals surface area contributed by atoms with Crippen LogP contribution in [0.4, 0.5) is 0 Å². The van der Waals surface area contributed by atoms with Gasteiger partial charge in [-0.2, -0.15) is 0 Å². The van der Waals surface area contributed by atoms with Crippen LogP contribution in [0.25, 0.3) is 4.29 Å². The number of carboxylic acid groups (broad SMARTS) is 1. The maximum absolute atomic E-state index is 11.1. The number of aliphatic hydroxyl groups is 2. The first-order chi connectivity index (χ1) is 9.78. The van der Waals surface area contributed by atoms with E-state index in [2.05, 4.69) is 25.3 Å². The van der Waals surface area contributed by atoms with Gasteiger partial charge in [0.1, 0.15) is 14.9 Å². The van der Waals surface area contributed by atoms with Gasteiger partial charge in [-0.1, -0.05) is 0 Å². The first-order valence-corrected chi connectivity index (χ1v) is 4.64. The molecule has 0 aromatic heterocycles. The van der Waals surface area contributed by atoms with Gasteiger partial charge in [0.15, 0.2) is 5.90 Å². The van der Waals surface area contributed by atoms with E-state index >= 15 is 0 Å². The molecule has 0 fully saturated rings. The highest BCUT2D eigenvalue weighted by Crippen LogP contribution is 1.98. The maximum atomic E-state index is 11.1. The molecule has 0 radical (unpaired) electrons. The van der Waals surface area contributed by atoms with Crippen molar-refractivity contribution in [1.29, 1.82) is 4.29 Å². The van der Waals surface area contributed by atoms with Crippen LogP contribution in [0.15, 0.2) is 9.98 Å². The molecule has 0 aromatic rings. The van der Waals surface area contributed by atoms with Gasteiger partial charge in [-0.3, -0.25) is 0 Å². The van der Waals surface area contributed by atoms with Crippen LogP contribution in [0.1, 0.15) is 20.8 Å². The van der Waals surface area contributed by atoms with E-state index in [1.807, 2.05) is 0 Å². The Bertz CT molecular complexity index is 407. The summed E-state index contributed by atoms with van der Waals surface area (Å²) in [5, 5.41) is 12.2. The number of hydrogen-bond acceptors (Lipinski definition) is 7. The zero-order valence-corrected chi connectivity index (χ0v) is 9.21. The van der Waals surface area contributed by atoms with E-state index in [4.69, 9.17) is 7.12 Å². The number of hydrogen-bond donors (Lipinski definition) is 4. The lowest BCUT2D eigenvalue weighted by atomic mass is 10.3. The fourth-order valence-electron chi connectivity index (χ4n) is 0.705. The molecule has 7 nitrogen and oxygen atoms in total. The summed E-state index contributed by atoms with van der Waals surface area (Å²) in [6.07, 6.45) is 0. The fourth-order valence-corrected chi connectivity index (χ4v) is 0.705. The van der Waals surface area contributed by atoms with Crippen LogP contribution < -0.4 is 5.72 Å². The standard InChI is InChI=1S/C9H17N3O4/c1-4(10)7(13)11-5(2)8(14)12-6(3)9(15)16/h4-6H,10H2,1-3H3,(H,11,13)(H,12,14)(H,15,16)/t4-,5+,6+/m0/s1/i7+1/hD5. The molecule has 0 saturated carbocycles. The van der Waals surface area contributed by atoms with E-state index in [-0.39, 0.29) is 11.8 Å². The second-order valence-electron chi connectivity index (χ2n) is 3.28. The predicted octanol–water partition coefficient (Wildman–Crippen LogP) is 0.108. The molecule has 3 atom stereocenters. The van der Waals surface area contributed by atoms with Crippen molar-refractivity contribution in [3.05, 3.63) is 0 Å². The Kier molecular flexibility index (Phi) is 2.88. The van der Waals surface area contributed by atoms with Crippen molar-refractivity contribution in [2.75, 3.05) is 0 Å². The lowest BCUT2D eigenvalue weighted by Gasteiger charge is -2.09. The van der Waals surface area contributed by atoms with Crippen LogP contribution in [0.5, 0.6) is 0 Å². The first-order valence-electron chi connectivity index (χ1n) is 6.76. The van der Waals surface area contributed by atoms with Crippen LogP contribution in [-0.2, 0) is 4.79 Å². The molecule has 0 saturated heterocycles. The molecule has 16 heavy (non-hydrogen) atoms. The van der Waals surface area contributed by atoms with Crippen LogP contribution in [-0.4, -0.2) is 51.2 Å². The summed E-state index contributed by atoms with van der Waals surface area (Å²) in [4.78, 5) is 18.7. The normalized spacial score (nSPS) is 22.9. The van der Waals surface area contributed by atoms with Crippen molar-refractivity contribution in [3.8, 4) is 0 Å². The topological polar surface area (TPSA) is 128 Å². The highest BCUT2D eigenvalue weighted by molar-refractivity contribution is 5.87. The molecule has 0 aliphatic carbocycles. The van der Waals surface area contributed by atoms with E-state index in [0.717, 1.165) is 0 Å². The minimum atomic E-state index is -1.07. The quantitative estimate of drug-likeness (QED) is 0.296. The van der Waals surface area contributed by atoms with Crippen LogP contribution in [0.2, 0.25) is 2.82 Å². The van der Waals surface area contributed by atoms with Crippen molar-refractivity contribution >= 4 is 17.8 Å². The van der Waals surface area contributed by atoms with E-state index in [1.54, 1.807) is 0 Å². The van der Waals surface area contributed by atoms with E-state index in [9.17, 15) is 4.79 Å². The molecule has 0 heterocycles. The molecule has 0 aliphatic heterocycles. The second-order valence-corrected chi connectivity index (χ2v) is 3.28. The monoisotopic (exact) mass is 237 g/mol. The van der Waals surface area contributed by atoms with Gasteiger partial charge in [0.05, 0.1) is 6.04 Å². The summed E-state index contributed by atoms with van der Waals surface area (Å²) < 4.78 is 34.4. The molecular weight excluding hydrogens is 215 g/mol. The van der Waals surface area contributed by atoms with Gasteiger partial charge < -0.3 is 21.0 Å². The van der Waals surface area contributed by atoms with E-state index < -0.39 is 24.1 Å². The zero-order valence-electron chi connectivity index (χ0n) is 14.2. The Morgan fingerprint density at radius 3 is 2.31 bits per heavy atom. The summed E-state index contributed by atoms with van der Waals surface area (Å²) in [6, 6.07) is -2.89. The third-order valence-corrected chi connectivity index (χ3v) is 1.70. The van der Waals surface area contributed by atoms with E-state index in [0.29, 0.717) is 5.72 Å². The molecule has 0 bridgehead atoms. The van der Waals surface area contributed by atoms with E-state index in [1.165, 1.54) is 20.8 Å². The first kappa shape index (κ1) is 7.61. The Labute approximate surface area is 101 Å². The molecule has 0 rings (SSSR count). The Hall–Kier alpha value is -1.63. The SMILES string of the molecule is [2H]OC(=O)[C@@H](C)N=C(O[2H])[C@@H](C)N=[13C](O[2H])[C@H](C)N([2H])[2H]. The van der Waals surface area contributed by atoms with Crippen molar-refractivity contribution in [2.24, 2.45) is 15.7 Å². The molecule has 0 unspecified atom stereocenters. The van der Waals surface area contributed by atoms with Crippen molar-refractivity contribution in [3.63, 3.8) is 0 Å². The smallest absolute Gasteiger partial charge is 0.328 e. The summed E-state index contributed by atoms with van der Waals surface area (Å²) in [5.41, 5.74) is 0.290. The molecule has 0 aliphatic rings. The number of aliphatic carboxylic acids is 1. The molecule has 7 heteroatoms. The lowest BCUT2D eigenvalue weighted by molar-refractivity contribution is -0.138. The minimum absolute atomic E-state index is 0.257. The van der Waals surface area contributed by atoms with Gasteiger partial charge >= 0.3 is 5.97 Å². The summed E-state index contributed by atoms with van der Waals surface area (Å²) in [7, 11) is 0. The number of aliphatic hydroxyl groups excluding tert-OH is 2. The largest absolute Gasteiger partial charge is 0.495 e. The van der Waals surface area contributed by atoms with Gasteiger partial charge in [0.2, 0.25) is 5.90 Å². The van der Waals surface area contributed by atoms with Crippen LogP contribution in [0.3, 0.4) is 0 Å². The average molecular weight is 237 g/mol. The van der Waals surface area contributed by atoms with Gasteiger partial charge in [0.25, 0.3) is 4.29 Å². The number of aliphatic imine (C=N–C) groups is 2. The third kappa shape index (κ3) is 4.74. The number of nitrogens with zero attached hydrogens (tertiary/aromatic N) is 2. The van der Waals surface area contributed by atoms with Gasteiger partial charge in [-0.05, 0) is 20.8 Å². The van der Waals surface area contributed by atoms with Crippen LogP contribution >= 0.6 is 0 Å². The number of carbonyl (C=O) groups is 1. The molecule has 0 aromatic carbocycles. The zero-order chi connectivity index (χ0) is 16.6. The number of carboxylic acids is 1. The minimum Gasteiger partial charge on any atom is -0.495 e. The molecule has 0 spiro atoms. The van der Waals surface area contributed by atoms with Gasteiger partial charge in [-0.15, -0.1) is 0 Å². The lowest BCUT2D eigenvalue weighted by Crippen LogP contribution is -2.29. The van der Waals surface area contributed by atoms with Gasteiger partial charge in [0, 0.05) is 0 Å². The van der Waals surface area contributed by atoms with Crippen molar-refractivity contribution in [2.45, 2.75) is 38.9 Å². The maximum Gasteiger partial charge on any atom is 0.328 e. The fraction of sp³-hybridized carbons (Fsp3) is 0.667. The van der Waals surface area contributed by atoms with Crippen molar-refractivity contribution in [1.82, 2.24) is 0 Å².